The van der Waals surface area contributed by atoms with Crippen LogP contribution in [-0.4, -0.2) is 12.5 Å². The third kappa shape index (κ3) is 3.30. The molecule has 0 unspecified atom stereocenters. The fourth-order valence-electron chi connectivity index (χ4n) is 0.928. The lowest BCUT2D eigenvalue weighted by Gasteiger charge is -2.03. The molecule has 0 bridgehead atoms. The summed E-state index contributed by atoms with van der Waals surface area (Å²) in [6.07, 6.45) is 0. The third-order valence-corrected chi connectivity index (χ3v) is 1.60. The summed E-state index contributed by atoms with van der Waals surface area (Å²) in [5.41, 5.74) is 11.3. The zero-order valence-electron chi connectivity index (χ0n) is 8.17. The summed E-state index contributed by atoms with van der Waals surface area (Å²) < 4.78 is 0. The van der Waals surface area contributed by atoms with E-state index in [0.29, 0.717) is 17.9 Å². The van der Waals surface area contributed by atoms with E-state index in [4.69, 9.17) is 10.4 Å². The molecule has 0 aromatic heterocycles. The number of carbonyl (C=O) groups excluding carboxylic acids is 1. The number of amides is 1. The Morgan fingerprint density at radius 2 is 2.20 bits per heavy atom. The second kappa shape index (κ2) is 5.64. The van der Waals surface area contributed by atoms with Gasteiger partial charge in [-0.05, 0) is 24.6 Å². The molecule has 1 aromatic rings. The Balaban J connectivity index is 2.70. The molecule has 1 aromatic carbocycles. The van der Waals surface area contributed by atoms with Crippen LogP contribution < -0.4 is 5.48 Å². The van der Waals surface area contributed by atoms with Crippen LogP contribution >= 0.6 is 0 Å². The number of hydroxylamine groups is 1. The van der Waals surface area contributed by atoms with E-state index < -0.39 is 0 Å². The van der Waals surface area contributed by atoms with Gasteiger partial charge in [0.25, 0.3) is 5.91 Å². The maximum absolute atomic E-state index is 11.3. The predicted octanol–water partition coefficient (Wildman–Crippen LogP) is 2.31. The quantitative estimate of drug-likeness (QED) is 0.354. The van der Waals surface area contributed by atoms with Crippen molar-refractivity contribution < 1.29 is 9.63 Å². The molecule has 0 radical (unpaired) electrons. The van der Waals surface area contributed by atoms with Crippen LogP contribution in [0, 0.1) is 0 Å². The summed E-state index contributed by atoms with van der Waals surface area (Å²) >= 11 is 0. The van der Waals surface area contributed by atoms with Crippen LogP contribution in [0.15, 0.2) is 29.4 Å². The molecule has 0 fully saturated rings. The van der Waals surface area contributed by atoms with Gasteiger partial charge < -0.3 is 0 Å². The fraction of sp³-hybridized carbons (Fsp3) is 0.222. The van der Waals surface area contributed by atoms with E-state index in [0.717, 1.165) is 0 Å². The minimum absolute atomic E-state index is 0.329. The number of benzene rings is 1. The van der Waals surface area contributed by atoms with Gasteiger partial charge in [0.1, 0.15) is 0 Å². The maximum Gasteiger partial charge on any atom is 0.274 e. The standard InChI is InChI=1S/C9H10N4O2/c1-2-15-12-9(14)7-3-5-8(6-4-7)11-13-10/h3-6H,2H2,1H3,(H,12,14). The Kier molecular flexibility index (Phi) is 4.15. The van der Waals surface area contributed by atoms with Gasteiger partial charge in [-0.2, -0.15) is 0 Å². The molecule has 0 aliphatic carbocycles. The zero-order chi connectivity index (χ0) is 11.1. The number of azide groups is 1. The smallest absolute Gasteiger partial charge is 0.274 e. The van der Waals surface area contributed by atoms with Gasteiger partial charge in [0.2, 0.25) is 0 Å². The van der Waals surface area contributed by atoms with E-state index in [2.05, 4.69) is 15.5 Å². The minimum Gasteiger partial charge on any atom is -0.274 e. The van der Waals surface area contributed by atoms with Gasteiger partial charge in [-0.3, -0.25) is 9.63 Å². The molecular formula is C9H10N4O2. The number of carbonyl (C=O) groups is 1. The highest BCUT2D eigenvalue weighted by Gasteiger charge is 2.03. The van der Waals surface area contributed by atoms with Crippen molar-refractivity contribution in [3.63, 3.8) is 0 Å². The van der Waals surface area contributed by atoms with Gasteiger partial charge in [0.05, 0.1) is 6.61 Å². The van der Waals surface area contributed by atoms with Gasteiger partial charge in [0, 0.05) is 16.2 Å². The van der Waals surface area contributed by atoms with Gasteiger partial charge in [-0.1, -0.05) is 17.2 Å². The summed E-state index contributed by atoms with van der Waals surface area (Å²) in [6, 6.07) is 6.22. The van der Waals surface area contributed by atoms with Crippen molar-refractivity contribution in [2.45, 2.75) is 6.92 Å². The highest BCUT2D eigenvalue weighted by atomic mass is 16.6. The zero-order valence-corrected chi connectivity index (χ0v) is 8.17. The summed E-state index contributed by atoms with van der Waals surface area (Å²) in [5.74, 6) is -0.329. The average molecular weight is 206 g/mol. The molecule has 0 spiro atoms. The number of hydrogen-bond acceptors (Lipinski definition) is 3. The van der Waals surface area contributed by atoms with Gasteiger partial charge in [0.15, 0.2) is 0 Å². The van der Waals surface area contributed by atoms with Gasteiger partial charge in [-0.25, -0.2) is 5.48 Å². The molecule has 6 heteroatoms. The van der Waals surface area contributed by atoms with Crippen molar-refractivity contribution in [3.05, 3.63) is 40.3 Å². The highest BCUT2D eigenvalue weighted by molar-refractivity contribution is 5.93. The summed E-state index contributed by atoms with van der Waals surface area (Å²) in [4.78, 5) is 18.7. The van der Waals surface area contributed by atoms with Crippen molar-refractivity contribution in [2.24, 2.45) is 5.11 Å². The van der Waals surface area contributed by atoms with Crippen molar-refractivity contribution in [2.75, 3.05) is 6.61 Å². The van der Waals surface area contributed by atoms with Crippen molar-refractivity contribution in [1.82, 2.24) is 5.48 Å². The molecule has 6 nitrogen and oxygen atoms in total. The van der Waals surface area contributed by atoms with E-state index in [-0.39, 0.29) is 5.91 Å². The first-order valence-electron chi connectivity index (χ1n) is 4.35. The number of nitrogens with zero attached hydrogens (tertiary/aromatic N) is 3. The average Bonchev–Trinajstić information content (AvgIpc) is 2.27. The maximum atomic E-state index is 11.3. The molecule has 1 amide bonds. The van der Waals surface area contributed by atoms with Crippen LogP contribution in [0.4, 0.5) is 5.69 Å². The summed E-state index contributed by atoms with van der Waals surface area (Å²) in [6.45, 7) is 2.17. The Morgan fingerprint density at radius 3 is 2.73 bits per heavy atom. The Labute approximate surface area is 86.4 Å². The third-order valence-electron chi connectivity index (χ3n) is 1.60. The first-order chi connectivity index (χ1) is 7.27. The Morgan fingerprint density at radius 1 is 1.53 bits per heavy atom. The van der Waals surface area contributed by atoms with Crippen LogP contribution in [0.2, 0.25) is 0 Å². The monoisotopic (exact) mass is 206 g/mol. The van der Waals surface area contributed by atoms with Crippen LogP contribution in [0.1, 0.15) is 17.3 Å². The molecule has 78 valence electrons. The second-order valence-electron chi connectivity index (χ2n) is 2.60. The van der Waals surface area contributed by atoms with Crippen LogP contribution in [0.5, 0.6) is 0 Å². The van der Waals surface area contributed by atoms with Gasteiger partial charge in [-0.15, -0.1) is 0 Å². The van der Waals surface area contributed by atoms with Crippen LogP contribution in [0.3, 0.4) is 0 Å². The lowest BCUT2D eigenvalue weighted by Crippen LogP contribution is -2.23. The Bertz CT molecular complexity index is 382. The lowest BCUT2D eigenvalue weighted by molar-refractivity contribution is 0.0364. The Hall–Kier alpha value is -2.04. The number of hydrogen-bond donors (Lipinski definition) is 1. The van der Waals surface area contributed by atoms with E-state index in [9.17, 15) is 4.79 Å². The first-order valence-corrected chi connectivity index (χ1v) is 4.35. The molecule has 1 N–H and O–H groups in total. The van der Waals surface area contributed by atoms with Crippen LogP contribution in [0.25, 0.3) is 10.4 Å². The van der Waals surface area contributed by atoms with E-state index in [1.807, 2.05) is 0 Å². The number of rotatable bonds is 4. The fourth-order valence-corrected chi connectivity index (χ4v) is 0.928. The predicted molar refractivity (Wildman–Crippen MR) is 54.3 cm³/mol. The van der Waals surface area contributed by atoms with E-state index >= 15 is 0 Å². The normalized spacial score (nSPS) is 9.13. The van der Waals surface area contributed by atoms with Crippen molar-refractivity contribution in [1.29, 1.82) is 0 Å². The largest absolute Gasteiger partial charge is 0.274 e. The molecule has 1 rings (SSSR count). The molecule has 0 saturated carbocycles. The van der Waals surface area contributed by atoms with Crippen molar-refractivity contribution >= 4 is 11.6 Å². The highest BCUT2D eigenvalue weighted by Crippen LogP contribution is 2.12. The number of nitrogens with one attached hydrogen (secondary N) is 1. The van der Waals surface area contributed by atoms with Crippen molar-refractivity contribution in [3.8, 4) is 0 Å². The molecular weight excluding hydrogens is 196 g/mol. The SMILES string of the molecule is CCONC(=O)c1ccc(N=[N+]=[N-])cc1. The molecule has 0 heterocycles. The minimum atomic E-state index is -0.329. The summed E-state index contributed by atoms with van der Waals surface area (Å²) in [5, 5.41) is 3.39. The first kappa shape index (κ1) is 11.0. The van der Waals surface area contributed by atoms with Crippen LogP contribution in [-0.2, 0) is 4.84 Å². The summed E-state index contributed by atoms with van der Waals surface area (Å²) in [7, 11) is 0. The molecule has 0 saturated heterocycles. The molecule has 0 aliphatic rings. The molecule has 15 heavy (non-hydrogen) atoms. The van der Waals surface area contributed by atoms with Gasteiger partial charge >= 0.3 is 0 Å². The topological polar surface area (TPSA) is 87.1 Å². The van der Waals surface area contributed by atoms with E-state index in [1.165, 1.54) is 0 Å². The lowest BCUT2D eigenvalue weighted by atomic mass is 10.2. The van der Waals surface area contributed by atoms with E-state index in [1.54, 1.807) is 31.2 Å². The molecule has 0 aliphatic heterocycles. The second-order valence-corrected chi connectivity index (χ2v) is 2.60. The molecule has 0 atom stereocenters.